The summed E-state index contributed by atoms with van der Waals surface area (Å²) in [5, 5.41) is 10.1. The molecule has 2 amide bonds. The van der Waals surface area contributed by atoms with E-state index in [9.17, 15) is 9.59 Å². The van der Waals surface area contributed by atoms with Crippen LogP contribution in [0.3, 0.4) is 0 Å². The molecular weight excluding hydrogens is 454 g/mol. The normalized spacial score (nSPS) is 16.6. The number of fused-ring (bicyclic) bond motifs is 2. The summed E-state index contributed by atoms with van der Waals surface area (Å²) in [6, 6.07) is 12.6. The fourth-order valence-electron chi connectivity index (χ4n) is 3.93. The highest BCUT2D eigenvalue weighted by atomic mass is 35.5. The zero-order valence-electron chi connectivity index (χ0n) is 18.3. The molecule has 0 radical (unpaired) electrons. The van der Waals surface area contributed by atoms with Crippen LogP contribution in [0.5, 0.6) is 0 Å². The summed E-state index contributed by atoms with van der Waals surface area (Å²) in [5.41, 5.74) is 4.50. The van der Waals surface area contributed by atoms with Crippen molar-refractivity contribution in [2.45, 2.75) is 19.3 Å². The maximum Gasteiger partial charge on any atom is 0.254 e. The number of halogens is 1. The van der Waals surface area contributed by atoms with Crippen LogP contribution in [0.15, 0.2) is 65.4 Å². The van der Waals surface area contributed by atoms with E-state index < -0.39 is 6.29 Å². The van der Waals surface area contributed by atoms with Crippen molar-refractivity contribution < 1.29 is 9.59 Å². The Morgan fingerprint density at radius 2 is 2.06 bits per heavy atom. The van der Waals surface area contributed by atoms with Crippen molar-refractivity contribution in [3.05, 3.63) is 82.4 Å². The number of hydrogen-bond acceptors (Lipinski definition) is 6. The highest BCUT2D eigenvalue weighted by molar-refractivity contribution is 6.31. The number of aliphatic imine (C=N–C) groups is 1. The van der Waals surface area contributed by atoms with E-state index in [1.165, 1.54) is 0 Å². The lowest BCUT2D eigenvalue weighted by atomic mass is 10.0. The minimum absolute atomic E-state index is 0.0996. The van der Waals surface area contributed by atoms with E-state index in [1.807, 2.05) is 18.2 Å². The molecule has 0 bridgehead atoms. The molecule has 0 spiro atoms. The van der Waals surface area contributed by atoms with Crippen molar-refractivity contribution in [3.8, 4) is 0 Å². The van der Waals surface area contributed by atoms with Gasteiger partial charge in [0.25, 0.3) is 5.91 Å². The van der Waals surface area contributed by atoms with E-state index in [0.29, 0.717) is 22.8 Å². The van der Waals surface area contributed by atoms with Gasteiger partial charge < -0.3 is 25.8 Å². The maximum absolute atomic E-state index is 12.7. The van der Waals surface area contributed by atoms with Gasteiger partial charge in [0, 0.05) is 53.1 Å². The summed E-state index contributed by atoms with van der Waals surface area (Å²) in [7, 11) is 1.74. The molecule has 172 valence electrons. The standard InChI is InChI=1S/C24H22ClN7O2/c1-32(13-20-26-8-9-27-20)23(34)14-2-5-17(6-3-14)29-24-28-12-15-10-21(33)30-19-11-16(25)4-7-18(19)22(15)31-24/h2-9,11-12,24,29,31H,10,13H2,1H3,(H,26,27)(H,30,33). The number of anilines is 2. The van der Waals surface area contributed by atoms with Crippen molar-refractivity contribution in [2.24, 2.45) is 4.99 Å². The molecule has 0 saturated heterocycles. The number of aromatic amines is 1. The van der Waals surface area contributed by atoms with Crippen LogP contribution >= 0.6 is 11.6 Å². The Kier molecular flexibility index (Phi) is 5.77. The average molecular weight is 476 g/mol. The molecular formula is C24H22ClN7O2. The SMILES string of the molecule is CN(Cc1ncc[nH]1)C(=O)c1ccc(NC2N=CC3=C(N2)c2ccc(Cl)cc2NC(=O)C3)cc1. The number of nitrogens with one attached hydrogen (secondary N) is 4. The van der Waals surface area contributed by atoms with E-state index in [1.54, 1.807) is 54.8 Å². The second kappa shape index (κ2) is 9.03. The summed E-state index contributed by atoms with van der Waals surface area (Å²) in [6.45, 7) is 0.397. The second-order valence-electron chi connectivity index (χ2n) is 8.06. The molecule has 0 aliphatic carbocycles. The molecule has 0 fully saturated rings. The van der Waals surface area contributed by atoms with Crippen LogP contribution in [0.1, 0.15) is 28.2 Å². The Labute approximate surface area is 200 Å². The first-order valence-electron chi connectivity index (χ1n) is 10.7. The summed E-state index contributed by atoms with van der Waals surface area (Å²) in [5.74, 6) is 0.506. The lowest BCUT2D eigenvalue weighted by Gasteiger charge is -2.26. The number of aromatic nitrogens is 2. The van der Waals surface area contributed by atoms with Gasteiger partial charge in [0.15, 0.2) is 6.29 Å². The van der Waals surface area contributed by atoms with Crippen LogP contribution in [0.25, 0.3) is 5.70 Å². The Bertz CT molecular complexity index is 1300. The fourth-order valence-corrected chi connectivity index (χ4v) is 4.10. The van der Waals surface area contributed by atoms with E-state index in [0.717, 1.165) is 28.3 Å². The molecule has 2 aliphatic rings. The Hall–Kier alpha value is -4.11. The van der Waals surface area contributed by atoms with Crippen molar-refractivity contribution in [2.75, 3.05) is 17.7 Å². The number of amides is 2. The fraction of sp³-hybridized carbons (Fsp3) is 0.167. The summed E-state index contributed by atoms with van der Waals surface area (Å²) in [4.78, 5) is 38.2. The first kappa shape index (κ1) is 21.7. The molecule has 1 atom stereocenters. The molecule has 0 saturated carbocycles. The quantitative estimate of drug-likeness (QED) is 0.451. The van der Waals surface area contributed by atoms with E-state index in [-0.39, 0.29) is 18.2 Å². The Morgan fingerprint density at radius 1 is 1.24 bits per heavy atom. The summed E-state index contributed by atoms with van der Waals surface area (Å²) >= 11 is 6.12. The van der Waals surface area contributed by atoms with Crippen LogP contribution in [0.4, 0.5) is 11.4 Å². The predicted octanol–water partition coefficient (Wildman–Crippen LogP) is 3.46. The van der Waals surface area contributed by atoms with Crippen LogP contribution in [-0.2, 0) is 11.3 Å². The molecule has 2 aliphatic heterocycles. The number of carbonyl (C=O) groups excluding carboxylic acids is 2. The smallest absolute Gasteiger partial charge is 0.254 e. The number of nitrogens with zero attached hydrogens (tertiary/aromatic N) is 3. The minimum atomic E-state index is -0.446. The molecule has 5 rings (SSSR count). The van der Waals surface area contributed by atoms with Gasteiger partial charge in [-0.25, -0.2) is 9.98 Å². The molecule has 1 aromatic heterocycles. The second-order valence-corrected chi connectivity index (χ2v) is 8.50. The molecule has 3 heterocycles. The molecule has 1 unspecified atom stereocenters. The lowest BCUT2D eigenvalue weighted by molar-refractivity contribution is -0.115. The van der Waals surface area contributed by atoms with Crippen LogP contribution in [0, 0.1) is 0 Å². The third-order valence-corrected chi connectivity index (χ3v) is 5.82. The van der Waals surface area contributed by atoms with Gasteiger partial charge in [0.2, 0.25) is 5.91 Å². The third kappa shape index (κ3) is 4.51. The van der Waals surface area contributed by atoms with Gasteiger partial charge in [-0.1, -0.05) is 11.6 Å². The number of rotatable bonds is 5. The zero-order chi connectivity index (χ0) is 23.7. The van der Waals surface area contributed by atoms with E-state index in [2.05, 4.69) is 30.9 Å². The van der Waals surface area contributed by atoms with Crippen LogP contribution in [0.2, 0.25) is 5.02 Å². The van der Waals surface area contributed by atoms with Gasteiger partial charge in [0.1, 0.15) is 5.82 Å². The van der Waals surface area contributed by atoms with Crippen molar-refractivity contribution >= 4 is 46.7 Å². The summed E-state index contributed by atoms with van der Waals surface area (Å²) in [6.07, 6.45) is 4.87. The first-order valence-corrected chi connectivity index (χ1v) is 11.1. The molecule has 4 N–H and O–H groups in total. The predicted molar refractivity (Wildman–Crippen MR) is 131 cm³/mol. The Morgan fingerprint density at radius 3 is 2.82 bits per heavy atom. The number of hydrogen-bond donors (Lipinski definition) is 4. The zero-order valence-corrected chi connectivity index (χ0v) is 19.1. The number of carbonyl (C=O) groups is 2. The number of H-pyrrole nitrogens is 1. The molecule has 10 heteroatoms. The molecule has 2 aromatic carbocycles. The van der Waals surface area contributed by atoms with E-state index in [4.69, 9.17) is 11.6 Å². The van der Waals surface area contributed by atoms with Gasteiger partial charge in [-0.3, -0.25) is 9.59 Å². The average Bonchev–Trinajstić information content (AvgIpc) is 3.28. The molecule has 9 nitrogen and oxygen atoms in total. The highest BCUT2D eigenvalue weighted by Crippen LogP contribution is 2.33. The monoisotopic (exact) mass is 475 g/mol. The molecule has 34 heavy (non-hydrogen) atoms. The van der Waals surface area contributed by atoms with Gasteiger partial charge >= 0.3 is 0 Å². The topological polar surface area (TPSA) is 115 Å². The number of imidazole rings is 1. The maximum atomic E-state index is 12.7. The van der Waals surface area contributed by atoms with Gasteiger partial charge in [-0.2, -0.15) is 0 Å². The van der Waals surface area contributed by atoms with Crippen molar-refractivity contribution in [1.29, 1.82) is 0 Å². The lowest BCUT2D eigenvalue weighted by Crippen LogP contribution is -2.36. The minimum Gasteiger partial charge on any atom is -0.347 e. The van der Waals surface area contributed by atoms with Gasteiger partial charge in [-0.05, 0) is 42.5 Å². The van der Waals surface area contributed by atoms with Crippen LogP contribution < -0.4 is 16.0 Å². The third-order valence-electron chi connectivity index (χ3n) is 5.58. The molecule has 3 aromatic rings. The van der Waals surface area contributed by atoms with Crippen molar-refractivity contribution in [1.82, 2.24) is 20.2 Å². The van der Waals surface area contributed by atoms with Gasteiger partial charge in [0.05, 0.1) is 24.4 Å². The van der Waals surface area contributed by atoms with Gasteiger partial charge in [-0.15, -0.1) is 0 Å². The summed E-state index contributed by atoms with van der Waals surface area (Å²) < 4.78 is 0. The van der Waals surface area contributed by atoms with Crippen LogP contribution in [-0.4, -0.2) is 46.2 Å². The number of benzene rings is 2. The highest BCUT2D eigenvalue weighted by Gasteiger charge is 2.25. The largest absolute Gasteiger partial charge is 0.347 e. The van der Waals surface area contributed by atoms with E-state index >= 15 is 0 Å². The van der Waals surface area contributed by atoms with Crippen molar-refractivity contribution in [3.63, 3.8) is 0 Å². The first-order chi connectivity index (χ1) is 16.5. The Balaban J connectivity index is 1.28.